The van der Waals surface area contributed by atoms with Crippen molar-refractivity contribution in [3.63, 3.8) is 0 Å². The Bertz CT molecular complexity index is 886. The topological polar surface area (TPSA) is 76.5 Å². The second-order valence-corrected chi connectivity index (χ2v) is 7.05. The molecule has 0 unspecified atom stereocenters. The molecule has 0 radical (unpaired) electrons. The van der Waals surface area contributed by atoms with Crippen LogP contribution in [0.3, 0.4) is 0 Å². The van der Waals surface area contributed by atoms with Crippen LogP contribution in [0.2, 0.25) is 0 Å². The van der Waals surface area contributed by atoms with Crippen molar-refractivity contribution in [2.75, 3.05) is 37.7 Å². The number of carbonyl (C=O) groups excluding carboxylic acids is 1. The first kappa shape index (κ1) is 21.0. The van der Waals surface area contributed by atoms with E-state index in [0.717, 1.165) is 25.8 Å². The molecule has 0 aliphatic carbocycles. The van der Waals surface area contributed by atoms with Gasteiger partial charge in [-0.05, 0) is 50.5 Å². The van der Waals surface area contributed by atoms with Crippen LogP contribution in [0, 0.1) is 11.7 Å². The van der Waals surface area contributed by atoms with Crippen molar-refractivity contribution < 1.29 is 13.9 Å². The Morgan fingerprint density at radius 2 is 2.21 bits per heavy atom. The van der Waals surface area contributed by atoms with Crippen LogP contribution in [-0.4, -0.2) is 48.5 Å². The average molecular weight is 402 g/mol. The van der Waals surface area contributed by atoms with Crippen LogP contribution in [0.5, 0.6) is 0 Å². The van der Waals surface area contributed by atoms with Crippen LogP contribution in [0.25, 0.3) is 5.69 Å². The highest BCUT2D eigenvalue weighted by atomic mass is 19.1. The molecule has 156 valence electrons. The van der Waals surface area contributed by atoms with Crippen molar-refractivity contribution in [1.82, 2.24) is 15.1 Å². The summed E-state index contributed by atoms with van der Waals surface area (Å²) in [6.07, 6.45) is 2.46. The van der Waals surface area contributed by atoms with Gasteiger partial charge < -0.3 is 15.0 Å². The number of ether oxygens (including phenoxy) is 1. The minimum atomic E-state index is -0.430. The molecular formula is C21H27FN4O3. The first-order chi connectivity index (χ1) is 14.1. The summed E-state index contributed by atoms with van der Waals surface area (Å²) in [4.78, 5) is 26.7. The van der Waals surface area contributed by atoms with E-state index in [0.29, 0.717) is 37.8 Å². The third-order valence-electron chi connectivity index (χ3n) is 4.92. The van der Waals surface area contributed by atoms with Crippen molar-refractivity contribution in [1.29, 1.82) is 0 Å². The maximum Gasteiger partial charge on any atom is 0.271 e. The van der Waals surface area contributed by atoms with Crippen LogP contribution >= 0.6 is 0 Å². The Morgan fingerprint density at radius 1 is 1.34 bits per heavy atom. The van der Waals surface area contributed by atoms with Gasteiger partial charge in [-0.1, -0.05) is 6.07 Å². The molecule has 1 fully saturated rings. The number of rotatable bonds is 8. The molecule has 1 aliphatic rings. The highest BCUT2D eigenvalue weighted by Crippen LogP contribution is 2.21. The predicted molar refractivity (Wildman–Crippen MR) is 109 cm³/mol. The Morgan fingerprint density at radius 3 is 3.00 bits per heavy atom. The molecule has 8 heteroatoms. The normalized spacial score (nSPS) is 16.6. The smallest absolute Gasteiger partial charge is 0.271 e. The third-order valence-corrected chi connectivity index (χ3v) is 4.92. The summed E-state index contributed by atoms with van der Waals surface area (Å²) in [7, 11) is 0. The van der Waals surface area contributed by atoms with E-state index in [-0.39, 0.29) is 17.4 Å². The van der Waals surface area contributed by atoms with E-state index in [4.69, 9.17) is 4.74 Å². The van der Waals surface area contributed by atoms with Gasteiger partial charge in [0.05, 0.1) is 11.6 Å². The molecule has 1 saturated heterocycles. The zero-order valence-corrected chi connectivity index (χ0v) is 16.6. The van der Waals surface area contributed by atoms with E-state index < -0.39 is 5.82 Å². The van der Waals surface area contributed by atoms with Gasteiger partial charge in [0.25, 0.3) is 5.56 Å². The minimum Gasteiger partial charge on any atom is -0.382 e. The molecule has 2 heterocycles. The SMILES string of the molecule is CCOCCCNC(=O)[C@H]1CCCN(c2ccc(=O)n(-c3cccc(F)c3)n2)C1. The number of halogens is 1. The minimum absolute atomic E-state index is 0.0321. The van der Waals surface area contributed by atoms with Crippen molar-refractivity contribution in [2.24, 2.45) is 5.92 Å². The Hall–Kier alpha value is -2.74. The summed E-state index contributed by atoms with van der Waals surface area (Å²) >= 11 is 0. The van der Waals surface area contributed by atoms with E-state index in [1.807, 2.05) is 11.8 Å². The molecule has 29 heavy (non-hydrogen) atoms. The second kappa shape index (κ2) is 10.2. The third kappa shape index (κ3) is 5.63. The van der Waals surface area contributed by atoms with Crippen molar-refractivity contribution in [3.05, 3.63) is 52.6 Å². The fourth-order valence-corrected chi connectivity index (χ4v) is 3.44. The molecule has 1 aromatic carbocycles. The van der Waals surface area contributed by atoms with Gasteiger partial charge in [-0.15, -0.1) is 5.10 Å². The number of amides is 1. The maximum absolute atomic E-state index is 13.5. The van der Waals surface area contributed by atoms with Gasteiger partial charge in [0.1, 0.15) is 11.6 Å². The lowest BCUT2D eigenvalue weighted by molar-refractivity contribution is -0.125. The molecule has 0 saturated carbocycles. The standard InChI is InChI=1S/C21H27FN4O3/c1-2-29-13-5-11-23-21(28)16-6-4-12-25(15-16)19-9-10-20(27)26(24-19)18-8-3-7-17(22)14-18/h3,7-10,14,16H,2,4-6,11-13,15H2,1H3,(H,23,28)/t16-/m0/s1. The Balaban J connectivity index is 1.67. The number of aromatic nitrogens is 2. The highest BCUT2D eigenvalue weighted by Gasteiger charge is 2.26. The van der Waals surface area contributed by atoms with Gasteiger partial charge in [-0.2, -0.15) is 4.68 Å². The lowest BCUT2D eigenvalue weighted by atomic mass is 9.97. The van der Waals surface area contributed by atoms with E-state index in [2.05, 4.69) is 10.4 Å². The zero-order chi connectivity index (χ0) is 20.6. The van der Waals surface area contributed by atoms with Crippen molar-refractivity contribution >= 4 is 11.7 Å². The first-order valence-electron chi connectivity index (χ1n) is 10.0. The summed E-state index contributed by atoms with van der Waals surface area (Å²) in [6, 6.07) is 8.84. The van der Waals surface area contributed by atoms with Gasteiger partial charge in [-0.3, -0.25) is 9.59 Å². The van der Waals surface area contributed by atoms with Gasteiger partial charge in [-0.25, -0.2) is 4.39 Å². The molecule has 0 spiro atoms. The highest BCUT2D eigenvalue weighted by molar-refractivity contribution is 5.79. The van der Waals surface area contributed by atoms with Crippen LogP contribution in [0.1, 0.15) is 26.2 Å². The molecule has 1 atom stereocenters. The monoisotopic (exact) mass is 402 g/mol. The Kier molecular flexibility index (Phi) is 7.35. The van der Waals surface area contributed by atoms with Crippen LogP contribution in [0.15, 0.2) is 41.2 Å². The lowest BCUT2D eigenvalue weighted by Crippen LogP contribution is -2.44. The summed E-state index contributed by atoms with van der Waals surface area (Å²) in [5.74, 6) is 0.0696. The molecule has 7 nitrogen and oxygen atoms in total. The van der Waals surface area contributed by atoms with Crippen LogP contribution in [-0.2, 0) is 9.53 Å². The summed E-state index contributed by atoms with van der Waals surface area (Å²) in [5.41, 5.74) is 0.0393. The van der Waals surface area contributed by atoms with E-state index >= 15 is 0 Å². The number of nitrogens with one attached hydrogen (secondary N) is 1. The van der Waals surface area contributed by atoms with Gasteiger partial charge in [0.15, 0.2) is 0 Å². The molecule has 1 aromatic heterocycles. The molecular weight excluding hydrogens is 375 g/mol. The number of benzene rings is 1. The van der Waals surface area contributed by atoms with Crippen LogP contribution in [0.4, 0.5) is 10.2 Å². The van der Waals surface area contributed by atoms with Crippen molar-refractivity contribution in [3.8, 4) is 5.69 Å². The number of hydrogen-bond donors (Lipinski definition) is 1. The van der Waals surface area contributed by atoms with Crippen LogP contribution < -0.4 is 15.8 Å². The fraction of sp³-hybridized carbons (Fsp3) is 0.476. The second-order valence-electron chi connectivity index (χ2n) is 7.05. The number of anilines is 1. The summed E-state index contributed by atoms with van der Waals surface area (Å²) in [6.45, 7) is 5.14. The maximum atomic E-state index is 13.5. The Labute approximate surface area is 169 Å². The fourth-order valence-electron chi connectivity index (χ4n) is 3.44. The number of piperidine rings is 1. The lowest BCUT2D eigenvalue weighted by Gasteiger charge is -2.33. The molecule has 1 N–H and O–H groups in total. The zero-order valence-electron chi connectivity index (χ0n) is 16.6. The van der Waals surface area contributed by atoms with E-state index in [9.17, 15) is 14.0 Å². The number of carbonyl (C=O) groups is 1. The number of nitrogens with zero attached hydrogens (tertiary/aromatic N) is 3. The van der Waals surface area contributed by atoms with Gasteiger partial charge >= 0.3 is 0 Å². The summed E-state index contributed by atoms with van der Waals surface area (Å²) < 4.78 is 20.0. The molecule has 0 bridgehead atoms. The van der Waals surface area contributed by atoms with Crippen molar-refractivity contribution in [2.45, 2.75) is 26.2 Å². The quantitative estimate of drug-likeness (QED) is 0.685. The molecule has 1 aliphatic heterocycles. The van der Waals surface area contributed by atoms with Gasteiger partial charge in [0.2, 0.25) is 5.91 Å². The average Bonchev–Trinajstić information content (AvgIpc) is 2.74. The molecule has 3 rings (SSSR count). The van der Waals surface area contributed by atoms with E-state index in [1.54, 1.807) is 12.1 Å². The summed E-state index contributed by atoms with van der Waals surface area (Å²) in [5, 5.41) is 7.39. The predicted octanol–water partition coefficient (Wildman–Crippen LogP) is 2.13. The molecule has 2 aromatic rings. The first-order valence-corrected chi connectivity index (χ1v) is 10.0. The largest absolute Gasteiger partial charge is 0.382 e. The number of hydrogen-bond acceptors (Lipinski definition) is 5. The van der Waals surface area contributed by atoms with Gasteiger partial charge in [0, 0.05) is 38.9 Å². The molecule has 1 amide bonds. The van der Waals surface area contributed by atoms with E-state index in [1.165, 1.54) is 28.9 Å².